The van der Waals surface area contributed by atoms with E-state index in [9.17, 15) is 4.79 Å². The van der Waals surface area contributed by atoms with Crippen molar-refractivity contribution in [3.8, 4) is 5.75 Å². The minimum atomic E-state index is -0.312. The number of amides is 1. The molecule has 3 fully saturated rings. The zero-order chi connectivity index (χ0) is 22.7. The Morgan fingerprint density at radius 2 is 1.94 bits per heavy atom. The molecule has 0 bridgehead atoms. The highest BCUT2D eigenvalue weighted by Crippen LogP contribution is 2.48. The molecule has 1 aliphatic heterocycles. The van der Waals surface area contributed by atoms with E-state index in [1.165, 1.54) is 43.5 Å². The summed E-state index contributed by atoms with van der Waals surface area (Å²) in [6, 6.07) is 3.80. The number of carbonyl (C=O) groups is 1. The van der Waals surface area contributed by atoms with Gasteiger partial charge in [0, 0.05) is 25.6 Å². The fraction of sp³-hybridized carbons (Fsp3) is 0.667. The molecule has 4 rings (SSSR count). The van der Waals surface area contributed by atoms with Crippen LogP contribution in [0.2, 0.25) is 0 Å². The zero-order valence-electron chi connectivity index (χ0n) is 19.4. The molecule has 0 aromatic carbocycles. The molecule has 1 amide bonds. The van der Waals surface area contributed by atoms with Gasteiger partial charge in [0.2, 0.25) is 0 Å². The molecule has 4 N–H and O–H groups in total. The second kappa shape index (κ2) is 9.57. The summed E-state index contributed by atoms with van der Waals surface area (Å²) in [5.74, 6) is 6.85. The van der Waals surface area contributed by atoms with E-state index in [4.69, 9.17) is 26.0 Å². The van der Waals surface area contributed by atoms with Crippen molar-refractivity contribution in [2.45, 2.75) is 70.8 Å². The van der Waals surface area contributed by atoms with Crippen molar-refractivity contribution >= 4 is 11.8 Å². The van der Waals surface area contributed by atoms with Gasteiger partial charge in [-0.2, -0.15) is 0 Å². The van der Waals surface area contributed by atoms with Crippen molar-refractivity contribution in [1.82, 2.24) is 14.9 Å². The molecular weight excluding hydrogens is 406 g/mol. The maximum absolute atomic E-state index is 12.4. The molecule has 0 atom stereocenters. The van der Waals surface area contributed by atoms with Gasteiger partial charge in [0.05, 0.1) is 28.9 Å². The Labute approximate surface area is 190 Å². The third-order valence-electron chi connectivity index (χ3n) is 7.18. The van der Waals surface area contributed by atoms with E-state index in [1.54, 1.807) is 11.9 Å². The molecule has 0 unspecified atom stereocenters. The number of hydrogen-bond acceptors (Lipinski definition) is 7. The Hall–Kier alpha value is -2.48. The average molecular weight is 444 g/mol. The first-order chi connectivity index (χ1) is 15.4. The van der Waals surface area contributed by atoms with Crippen molar-refractivity contribution in [2.75, 3.05) is 26.7 Å². The number of likely N-dealkylation sites (tertiary alicyclic amines) is 1. The minimum Gasteiger partial charge on any atom is -0.489 e. The van der Waals surface area contributed by atoms with E-state index in [-0.39, 0.29) is 18.8 Å². The first kappa shape index (κ1) is 22.7. The maximum Gasteiger partial charge on any atom is 0.410 e. The summed E-state index contributed by atoms with van der Waals surface area (Å²) in [4.78, 5) is 18.9. The molecule has 1 spiro atoms. The quantitative estimate of drug-likeness (QED) is 0.491. The number of hydrogen-bond donors (Lipinski definition) is 2. The molecule has 2 aliphatic carbocycles. The first-order valence-corrected chi connectivity index (χ1v) is 12.0. The fourth-order valence-electron chi connectivity index (χ4n) is 4.99. The topological polar surface area (TPSA) is 107 Å². The lowest BCUT2D eigenvalue weighted by Gasteiger charge is -2.55. The van der Waals surface area contributed by atoms with Crippen molar-refractivity contribution in [3.63, 3.8) is 0 Å². The molecule has 32 heavy (non-hydrogen) atoms. The molecule has 176 valence electrons. The van der Waals surface area contributed by atoms with Crippen LogP contribution in [0.1, 0.15) is 69.7 Å². The van der Waals surface area contributed by atoms with Crippen LogP contribution in [0.3, 0.4) is 0 Å². The van der Waals surface area contributed by atoms with Gasteiger partial charge in [-0.25, -0.2) is 15.6 Å². The number of likely N-dealkylation sites (N-methyl/N-ethyl adjacent to an activating group) is 1. The van der Waals surface area contributed by atoms with Crippen LogP contribution in [0.4, 0.5) is 4.79 Å². The summed E-state index contributed by atoms with van der Waals surface area (Å²) in [5, 5.41) is 1.39. The number of aromatic nitrogens is 1. The van der Waals surface area contributed by atoms with Crippen LogP contribution in [-0.4, -0.2) is 53.8 Å². The van der Waals surface area contributed by atoms with Gasteiger partial charge in [0.1, 0.15) is 12.4 Å². The summed E-state index contributed by atoms with van der Waals surface area (Å²) in [7, 11) is 1.68. The highest BCUT2D eigenvalue weighted by molar-refractivity contribution is 5.70. The molecule has 1 aromatic heterocycles. The lowest BCUT2D eigenvalue weighted by atomic mass is 9.64. The fourth-order valence-corrected chi connectivity index (χ4v) is 4.99. The van der Waals surface area contributed by atoms with E-state index in [0.717, 1.165) is 43.8 Å². The lowest BCUT2D eigenvalue weighted by Crippen LogP contribution is -2.61. The number of aryl methyl sites for hydroxylation is 1. The number of rotatable bonds is 7. The van der Waals surface area contributed by atoms with Gasteiger partial charge < -0.3 is 25.1 Å². The van der Waals surface area contributed by atoms with Crippen LogP contribution in [0, 0.1) is 5.41 Å². The summed E-state index contributed by atoms with van der Waals surface area (Å²) >= 11 is 0. The van der Waals surface area contributed by atoms with Crippen LogP contribution in [-0.2, 0) is 11.2 Å². The molecule has 2 heterocycles. The Balaban J connectivity index is 1.42. The number of nitrogens with zero attached hydrogens (tertiary/aromatic N) is 3. The van der Waals surface area contributed by atoms with E-state index < -0.39 is 0 Å². The Morgan fingerprint density at radius 1 is 1.22 bits per heavy atom. The van der Waals surface area contributed by atoms with Crippen molar-refractivity contribution in [3.05, 3.63) is 29.2 Å². The second-order valence-electron chi connectivity index (χ2n) is 9.61. The average Bonchev–Trinajstić information content (AvgIpc) is 2.72. The minimum absolute atomic E-state index is 0.00459. The van der Waals surface area contributed by atoms with Gasteiger partial charge in [-0.15, -0.1) is 0 Å². The molecule has 1 aromatic rings. The van der Waals surface area contributed by atoms with E-state index in [0.29, 0.717) is 22.5 Å². The predicted octanol–water partition coefficient (Wildman–Crippen LogP) is 3.41. The van der Waals surface area contributed by atoms with Gasteiger partial charge in [-0.1, -0.05) is 19.8 Å². The maximum atomic E-state index is 12.4. The predicted molar refractivity (Wildman–Crippen MR) is 123 cm³/mol. The van der Waals surface area contributed by atoms with Crippen molar-refractivity contribution < 1.29 is 14.3 Å². The molecular formula is C24H37N5O3. The van der Waals surface area contributed by atoms with Crippen LogP contribution in [0.15, 0.2) is 17.8 Å². The normalized spacial score (nSPS) is 20.8. The van der Waals surface area contributed by atoms with Crippen LogP contribution in [0.25, 0.3) is 5.70 Å². The zero-order valence-corrected chi connectivity index (χ0v) is 19.4. The summed E-state index contributed by atoms with van der Waals surface area (Å²) in [5.41, 5.74) is 9.20. The van der Waals surface area contributed by atoms with Gasteiger partial charge in [-0.3, -0.25) is 0 Å². The van der Waals surface area contributed by atoms with E-state index in [1.807, 2.05) is 12.1 Å². The lowest BCUT2D eigenvalue weighted by molar-refractivity contribution is -0.0517. The summed E-state index contributed by atoms with van der Waals surface area (Å²) < 4.78 is 11.8. The smallest absolute Gasteiger partial charge is 0.410 e. The number of ether oxygens (including phenoxy) is 2. The van der Waals surface area contributed by atoms with Crippen molar-refractivity contribution in [1.29, 1.82) is 0 Å². The van der Waals surface area contributed by atoms with Gasteiger partial charge in [0.25, 0.3) is 0 Å². The Kier molecular flexibility index (Phi) is 6.79. The van der Waals surface area contributed by atoms with Crippen LogP contribution in [0.5, 0.6) is 5.75 Å². The van der Waals surface area contributed by atoms with E-state index >= 15 is 0 Å². The number of hydrazine groups is 1. The molecule has 3 aliphatic rings. The standard InChI is InChI=1S/C24H37N5O3/c1-3-18-21(32-17-8-5-4-6-9-17)11-10-19(27-18)22(25)20(28(2)26)14-31-23(30)29-15-24(16-29)12-7-13-24/h10-11,17H,3-9,12-16,25-26H2,1-2H3/b22-20-. The van der Waals surface area contributed by atoms with Crippen LogP contribution >= 0.6 is 0 Å². The molecule has 2 saturated carbocycles. The summed E-state index contributed by atoms with van der Waals surface area (Å²) in [6.45, 7) is 3.65. The number of carbonyl (C=O) groups excluding carboxylic acids is 1. The number of nitrogens with two attached hydrogens (primary N) is 2. The highest BCUT2D eigenvalue weighted by Gasteiger charge is 2.49. The molecule has 8 heteroatoms. The van der Waals surface area contributed by atoms with E-state index in [2.05, 4.69) is 6.92 Å². The Bertz CT molecular complexity index is 851. The van der Waals surface area contributed by atoms with Gasteiger partial charge >= 0.3 is 6.09 Å². The second-order valence-corrected chi connectivity index (χ2v) is 9.61. The largest absolute Gasteiger partial charge is 0.489 e. The third kappa shape index (κ3) is 4.80. The highest BCUT2D eigenvalue weighted by atomic mass is 16.6. The SMILES string of the molecule is CCc1nc(/C(N)=C(\COC(=O)N2CC3(CCC3)C2)N(C)N)ccc1OC1CCCCC1. The third-order valence-corrected chi connectivity index (χ3v) is 7.18. The first-order valence-electron chi connectivity index (χ1n) is 12.0. The van der Waals surface area contributed by atoms with Gasteiger partial charge in [0.15, 0.2) is 0 Å². The molecule has 0 radical (unpaired) electrons. The Morgan fingerprint density at radius 3 is 2.53 bits per heavy atom. The molecule has 8 nitrogen and oxygen atoms in total. The van der Waals surface area contributed by atoms with Crippen LogP contribution < -0.4 is 16.3 Å². The monoisotopic (exact) mass is 443 g/mol. The van der Waals surface area contributed by atoms with Gasteiger partial charge in [-0.05, 0) is 57.1 Å². The number of pyridine rings is 1. The summed E-state index contributed by atoms with van der Waals surface area (Å²) in [6.07, 6.45) is 10.3. The molecule has 1 saturated heterocycles. The van der Waals surface area contributed by atoms with Crippen molar-refractivity contribution in [2.24, 2.45) is 17.0 Å².